The topological polar surface area (TPSA) is 29.6 Å². The molecule has 0 amide bonds. The Labute approximate surface area is 43.6 Å². The first-order valence-electron chi connectivity index (χ1n) is 2.40. The summed E-state index contributed by atoms with van der Waals surface area (Å²) < 4.78 is 15.2. The van der Waals surface area contributed by atoms with Gasteiger partial charge in [-0.05, 0) is 6.66 Å². The van der Waals surface area contributed by atoms with Crippen LogP contribution in [0.15, 0.2) is 0 Å². The van der Waals surface area contributed by atoms with Crippen molar-refractivity contribution in [3.63, 3.8) is 0 Å². The predicted molar refractivity (Wildman–Crippen MR) is 29.5 cm³/mol. The summed E-state index contributed by atoms with van der Waals surface area (Å²) in [6.45, 7) is 2.61. The quantitative estimate of drug-likeness (QED) is 0.394. The average molecular weight is 120 g/mol. The Morgan fingerprint density at radius 1 is 2.00 bits per heavy atom. The smallest absolute Gasteiger partial charge is 0.0875 e. The van der Waals surface area contributed by atoms with Crippen molar-refractivity contribution in [1.82, 2.24) is 0 Å². The highest BCUT2D eigenvalue weighted by atomic mass is 31.1. The van der Waals surface area contributed by atoms with Gasteiger partial charge in [0.05, 0.1) is 20.5 Å². The number of hydrogen-bond donors (Lipinski definition) is 0. The molecule has 1 aliphatic rings. The van der Waals surface area contributed by atoms with Gasteiger partial charge in [-0.25, -0.2) is 0 Å². The van der Waals surface area contributed by atoms with E-state index >= 15 is 0 Å². The van der Waals surface area contributed by atoms with Crippen LogP contribution in [-0.4, -0.2) is 25.5 Å². The molecule has 7 heavy (non-hydrogen) atoms. The first-order valence-corrected chi connectivity index (χ1v) is 4.51. The van der Waals surface area contributed by atoms with Gasteiger partial charge in [0.2, 0.25) is 0 Å². The highest BCUT2D eigenvalue weighted by molar-refractivity contribution is 7.43. The Morgan fingerprint density at radius 2 is 2.57 bits per heavy atom. The van der Waals surface area contributed by atoms with Crippen molar-refractivity contribution in [2.45, 2.75) is 6.10 Å². The zero-order valence-corrected chi connectivity index (χ0v) is 5.31. The van der Waals surface area contributed by atoms with E-state index in [2.05, 4.69) is 0 Å². The lowest BCUT2D eigenvalue weighted by Gasteiger charge is -1.83. The third-order valence-electron chi connectivity index (χ3n) is 0.917. The second-order valence-corrected chi connectivity index (χ2v) is 3.67. The molecule has 42 valence electrons. The fourth-order valence-corrected chi connectivity index (χ4v) is 1.38. The molecule has 2 unspecified atom stereocenters. The van der Waals surface area contributed by atoms with Crippen LogP contribution in [0.3, 0.4) is 0 Å². The van der Waals surface area contributed by atoms with Crippen LogP contribution in [0.2, 0.25) is 0 Å². The molecular formula is C4H9O2P. The van der Waals surface area contributed by atoms with Crippen molar-refractivity contribution in [3.05, 3.63) is 0 Å². The summed E-state index contributed by atoms with van der Waals surface area (Å²) in [5.41, 5.74) is 0. The highest BCUT2D eigenvalue weighted by Gasteiger charge is 2.22. The summed E-state index contributed by atoms with van der Waals surface area (Å²) >= 11 is 0. The molecule has 0 aliphatic carbocycles. The normalized spacial score (nSPS) is 32.4. The molecule has 0 N–H and O–H groups in total. The molecule has 1 saturated heterocycles. The first-order chi connectivity index (χ1) is 3.29. The molecule has 1 fully saturated rings. The fraction of sp³-hybridized carbons (Fsp3) is 1.00. The van der Waals surface area contributed by atoms with Gasteiger partial charge < -0.3 is 9.30 Å². The lowest BCUT2D eigenvalue weighted by molar-refractivity contribution is 0.423. The van der Waals surface area contributed by atoms with E-state index in [1.807, 2.05) is 0 Å². The number of ether oxygens (including phenoxy) is 1. The lowest BCUT2D eigenvalue weighted by Crippen LogP contribution is -1.85. The SMILES string of the molecule is C[PH](=O)CC1CO1. The van der Waals surface area contributed by atoms with Crippen LogP contribution < -0.4 is 0 Å². The maximum atomic E-state index is 10.4. The molecule has 1 rings (SSSR count). The minimum atomic E-state index is -1.25. The summed E-state index contributed by atoms with van der Waals surface area (Å²) in [7, 11) is -1.25. The van der Waals surface area contributed by atoms with Crippen molar-refractivity contribution in [3.8, 4) is 0 Å². The Hall–Kier alpha value is 0.190. The van der Waals surface area contributed by atoms with E-state index in [9.17, 15) is 4.57 Å². The minimum Gasteiger partial charge on any atom is -0.373 e. The molecule has 1 aliphatic heterocycles. The van der Waals surface area contributed by atoms with Crippen LogP contribution in [0.5, 0.6) is 0 Å². The van der Waals surface area contributed by atoms with Gasteiger partial charge in [-0.1, -0.05) is 0 Å². The molecule has 1 heterocycles. The fourth-order valence-electron chi connectivity index (χ4n) is 0.507. The largest absolute Gasteiger partial charge is 0.373 e. The van der Waals surface area contributed by atoms with Crippen LogP contribution in [-0.2, 0) is 9.30 Å². The Kier molecular flexibility index (Phi) is 1.50. The van der Waals surface area contributed by atoms with Gasteiger partial charge in [-0.2, -0.15) is 0 Å². The van der Waals surface area contributed by atoms with E-state index in [4.69, 9.17) is 4.74 Å². The van der Waals surface area contributed by atoms with Crippen molar-refractivity contribution >= 4 is 7.80 Å². The van der Waals surface area contributed by atoms with Crippen LogP contribution in [0.4, 0.5) is 0 Å². The lowest BCUT2D eigenvalue weighted by atomic mass is 10.6. The van der Waals surface area contributed by atoms with E-state index in [1.54, 1.807) is 6.66 Å². The van der Waals surface area contributed by atoms with Gasteiger partial charge in [0, 0.05) is 6.16 Å². The number of rotatable bonds is 2. The zero-order valence-electron chi connectivity index (χ0n) is 4.31. The van der Waals surface area contributed by atoms with Crippen LogP contribution in [0.1, 0.15) is 0 Å². The van der Waals surface area contributed by atoms with Gasteiger partial charge >= 0.3 is 0 Å². The van der Waals surface area contributed by atoms with E-state index < -0.39 is 7.80 Å². The Bertz CT molecular complexity index is 87.7. The standard InChI is InChI=1S/C4H9O2P/c1-7(5)3-4-2-6-4/h4,7H,2-3H2,1H3. The molecule has 0 aromatic rings. The van der Waals surface area contributed by atoms with E-state index in [0.717, 1.165) is 12.8 Å². The molecule has 2 nitrogen and oxygen atoms in total. The molecular weight excluding hydrogens is 111 g/mol. The van der Waals surface area contributed by atoms with Gasteiger partial charge in [0.25, 0.3) is 0 Å². The first kappa shape index (κ1) is 5.33. The second kappa shape index (κ2) is 1.97. The molecule has 0 radical (unpaired) electrons. The Morgan fingerprint density at radius 3 is 2.71 bits per heavy atom. The maximum absolute atomic E-state index is 10.4. The van der Waals surface area contributed by atoms with Crippen molar-refractivity contribution in [2.24, 2.45) is 0 Å². The molecule has 0 spiro atoms. The maximum Gasteiger partial charge on any atom is 0.0875 e. The van der Waals surface area contributed by atoms with Gasteiger partial charge in [-0.3, -0.25) is 0 Å². The molecule has 0 bridgehead atoms. The molecule has 0 saturated carbocycles. The highest BCUT2D eigenvalue weighted by Crippen LogP contribution is 2.22. The van der Waals surface area contributed by atoms with Crippen molar-refractivity contribution in [1.29, 1.82) is 0 Å². The van der Waals surface area contributed by atoms with Crippen molar-refractivity contribution in [2.75, 3.05) is 19.4 Å². The van der Waals surface area contributed by atoms with Crippen LogP contribution >= 0.6 is 7.80 Å². The van der Waals surface area contributed by atoms with E-state index in [-0.39, 0.29) is 0 Å². The summed E-state index contributed by atoms with van der Waals surface area (Å²) in [6.07, 6.45) is 1.15. The van der Waals surface area contributed by atoms with Gasteiger partial charge in [0.1, 0.15) is 0 Å². The zero-order chi connectivity index (χ0) is 5.28. The molecule has 0 aromatic carbocycles. The number of epoxide rings is 1. The molecule has 0 aromatic heterocycles. The van der Waals surface area contributed by atoms with Crippen LogP contribution in [0.25, 0.3) is 0 Å². The summed E-state index contributed by atoms with van der Waals surface area (Å²) in [4.78, 5) is 0. The minimum absolute atomic E-state index is 0.358. The molecule has 3 heteroatoms. The monoisotopic (exact) mass is 120 g/mol. The second-order valence-electron chi connectivity index (χ2n) is 1.86. The van der Waals surface area contributed by atoms with E-state index in [1.165, 1.54) is 0 Å². The van der Waals surface area contributed by atoms with Gasteiger partial charge in [0.15, 0.2) is 0 Å². The van der Waals surface area contributed by atoms with Gasteiger partial charge in [-0.15, -0.1) is 0 Å². The summed E-state index contributed by atoms with van der Waals surface area (Å²) in [5.74, 6) is 0. The van der Waals surface area contributed by atoms with Crippen molar-refractivity contribution < 1.29 is 9.30 Å². The third kappa shape index (κ3) is 2.10. The summed E-state index contributed by atoms with van der Waals surface area (Å²) in [6, 6.07) is 0. The van der Waals surface area contributed by atoms with Crippen LogP contribution in [0, 0.1) is 0 Å². The summed E-state index contributed by atoms with van der Waals surface area (Å²) in [5, 5.41) is 0. The van der Waals surface area contributed by atoms with E-state index in [0.29, 0.717) is 6.10 Å². The predicted octanol–water partition coefficient (Wildman–Crippen LogP) is 0.575. The Balaban J connectivity index is 2.08. The molecule has 2 atom stereocenters. The average Bonchev–Trinajstić information content (AvgIpc) is 2.17. The number of hydrogen-bond acceptors (Lipinski definition) is 2. The third-order valence-corrected chi connectivity index (χ3v) is 1.95.